The van der Waals surface area contributed by atoms with Crippen molar-refractivity contribution in [2.75, 3.05) is 6.54 Å². The molecule has 0 aliphatic heterocycles. The molecule has 0 radical (unpaired) electrons. The number of hydrazone groups is 1. The van der Waals surface area contributed by atoms with Crippen LogP contribution in [0.1, 0.15) is 63.5 Å². The van der Waals surface area contributed by atoms with E-state index in [2.05, 4.69) is 42.7 Å². The summed E-state index contributed by atoms with van der Waals surface area (Å²) in [6.07, 6.45) is 8.90. The van der Waals surface area contributed by atoms with Crippen molar-refractivity contribution >= 4 is 18.0 Å². The van der Waals surface area contributed by atoms with Gasteiger partial charge in [-0.15, -0.1) is 0 Å². The van der Waals surface area contributed by atoms with Crippen LogP contribution < -0.4 is 10.7 Å². The lowest BCUT2D eigenvalue weighted by atomic mass is 9.59. The van der Waals surface area contributed by atoms with E-state index in [1.807, 2.05) is 66.9 Å². The van der Waals surface area contributed by atoms with E-state index >= 15 is 0 Å². The molecule has 1 saturated carbocycles. The van der Waals surface area contributed by atoms with Crippen LogP contribution in [0.3, 0.4) is 0 Å². The van der Waals surface area contributed by atoms with Gasteiger partial charge in [0.2, 0.25) is 5.91 Å². The van der Waals surface area contributed by atoms with E-state index in [0.29, 0.717) is 23.2 Å². The number of carbonyl (C=O) groups is 2. The van der Waals surface area contributed by atoms with E-state index in [1.165, 1.54) is 12.8 Å². The Morgan fingerprint density at radius 1 is 1.06 bits per heavy atom. The third kappa shape index (κ3) is 6.08. The average molecular weight is 472 g/mol. The Kier molecular flexibility index (Phi) is 7.84. The number of rotatable bonds is 7. The first-order valence-electron chi connectivity index (χ1n) is 12.7. The highest BCUT2D eigenvalue weighted by Crippen LogP contribution is 2.50. The van der Waals surface area contributed by atoms with Crippen LogP contribution in [-0.4, -0.2) is 24.6 Å². The smallest absolute Gasteiger partial charge is 0.259 e. The molecule has 0 aromatic heterocycles. The Balaban J connectivity index is 1.32. The second-order valence-electron chi connectivity index (χ2n) is 10.7. The van der Waals surface area contributed by atoms with E-state index in [-0.39, 0.29) is 18.4 Å². The molecule has 0 heterocycles. The summed E-state index contributed by atoms with van der Waals surface area (Å²) in [5, 5.41) is 7.04. The Morgan fingerprint density at radius 2 is 1.69 bits per heavy atom. The molecule has 2 aliphatic rings. The van der Waals surface area contributed by atoms with Crippen molar-refractivity contribution in [3.8, 4) is 0 Å². The van der Waals surface area contributed by atoms with Crippen molar-refractivity contribution in [2.24, 2.45) is 28.3 Å². The summed E-state index contributed by atoms with van der Waals surface area (Å²) in [4.78, 5) is 25.5. The molecule has 2 aliphatic carbocycles. The van der Waals surface area contributed by atoms with Gasteiger partial charge in [0.1, 0.15) is 0 Å². The maximum Gasteiger partial charge on any atom is 0.259 e. The lowest BCUT2D eigenvalue weighted by molar-refractivity contribution is -0.126. The zero-order chi connectivity index (χ0) is 24.8. The number of amides is 2. The first kappa shape index (κ1) is 24.9. The molecule has 5 nitrogen and oxygen atoms in total. The van der Waals surface area contributed by atoms with Crippen LogP contribution in [0.15, 0.2) is 77.4 Å². The molecule has 2 aromatic carbocycles. The van der Waals surface area contributed by atoms with Gasteiger partial charge in [-0.05, 0) is 54.1 Å². The van der Waals surface area contributed by atoms with Gasteiger partial charge in [0.05, 0.1) is 12.5 Å². The highest BCUT2D eigenvalue weighted by molar-refractivity contribution is 5.90. The minimum Gasteiger partial charge on any atom is -0.346 e. The Morgan fingerprint density at radius 3 is 2.31 bits per heavy atom. The summed E-state index contributed by atoms with van der Waals surface area (Å²) < 4.78 is 0. The van der Waals surface area contributed by atoms with Crippen LogP contribution in [0.5, 0.6) is 0 Å². The van der Waals surface area contributed by atoms with Crippen molar-refractivity contribution in [3.05, 3.63) is 83.4 Å². The van der Waals surface area contributed by atoms with E-state index in [4.69, 9.17) is 0 Å². The second kappa shape index (κ2) is 11.0. The fourth-order valence-electron chi connectivity index (χ4n) is 5.66. The number of carbonyl (C=O) groups excluding carboxylic acids is 2. The molecule has 5 heteroatoms. The van der Waals surface area contributed by atoms with Gasteiger partial charge < -0.3 is 5.32 Å². The van der Waals surface area contributed by atoms with Crippen LogP contribution in [0, 0.1) is 23.2 Å². The van der Waals surface area contributed by atoms with Crippen LogP contribution in [0.25, 0.3) is 0 Å². The van der Waals surface area contributed by atoms with E-state index in [9.17, 15) is 9.59 Å². The maximum atomic E-state index is 13.1. The van der Waals surface area contributed by atoms with Crippen LogP contribution in [0.2, 0.25) is 0 Å². The number of benzene rings is 2. The minimum absolute atomic E-state index is 0.117. The second-order valence-corrected chi connectivity index (χ2v) is 10.7. The molecule has 2 N–H and O–H groups in total. The Hall–Kier alpha value is -3.21. The summed E-state index contributed by atoms with van der Waals surface area (Å²) in [5.74, 6) is 0.490. The molecule has 4 rings (SSSR count). The predicted molar refractivity (Wildman–Crippen MR) is 141 cm³/mol. The number of nitrogens with zero attached hydrogens (tertiary/aromatic N) is 1. The zero-order valence-corrected chi connectivity index (χ0v) is 21.0. The van der Waals surface area contributed by atoms with Crippen molar-refractivity contribution in [2.45, 2.75) is 52.4 Å². The molecule has 35 heavy (non-hydrogen) atoms. The fourth-order valence-corrected chi connectivity index (χ4v) is 5.66. The number of hydrogen-bond donors (Lipinski definition) is 2. The highest BCUT2D eigenvalue weighted by atomic mass is 16.2. The normalized spacial score (nSPS) is 23.4. The highest BCUT2D eigenvalue weighted by Gasteiger charge is 2.40. The van der Waals surface area contributed by atoms with Crippen LogP contribution in [0.4, 0.5) is 0 Å². The maximum absolute atomic E-state index is 13.1. The van der Waals surface area contributed by atoms with Gasteiger partial charge in [-0.1, -0.05) is 93.1 Å². The summed E-state index contributed by atoms with van der Waals surface area (Å²) in [7, 11) is 0. The summed E-state index contributed by atoms with van der Waals surface area (Å²) in [5.41, 5.74) is 6.31. The van der Waals surface area contributed by atoms with E-state index < -0.39 is 5.92 Å². The minimum atomic E-state index is -0.474. The predicted octanol–water partition coefficient (Wildman–Crippen LogP) is 5.45. The van der Waals surface area contributed by atoms with Gasteiger partial charge in [0, 0.05) is 12.1 Å². The molecular formula is C30H37N3O2. The molecule has 1 fully saturated rings. The van der Waals surface area contributed by atoms with Gasteiger partial charge in [0.25, 0.3) is 5.91 Å². The monoisotopic (exact) mass is 471 g/mol. The summed E-state index contributed by atoms with van der Waals surface area (Å²) in [6, 6.07) is 19.2. The molecule has 0 bridgehead atoms. The Labute approximate surface area is 209 Å². The number of fused-ring (bicyclic) bond motifs is 1. The van der Waals surface area contributed by atoms with Crippen molar-refractivity contribution < 1.29 is 9.59 Å². The largest absolute Gasteiger partial charge is 0.346 e. The van der Waals surface area contributed by atoms with Gasteiger partial charge in [-0.3, -0.25) is 9.59 Å². The van der Waals surface area contributed by atoms with Gasteiger partial charge in [0.15, 0.2) is 0 Å². The molecule has 2 aromatic rings. The average Bonchev–Trinajstić information content (AvgIpc) is 2.85. The number of nitrogens with one attached hydrogen (secondary N) is 2. The quantitative estimate of drug-likeness (QED) is 0.320. The molecule has 0 spiro atoms. The lowest BCUT2D eigenvalue weighted by Gasteiger charge is -2.46. The molecule has 2 amide bonds. The molecule has 184 valence electrons. The fraction of sp³-hybridized carbons (Fsp3) is 0.433. The standard InChI is InChI=1S/C30H37N3O2/c1-21-17-26-24(15-10-16-30(26,2)3)18-25(21)19-32-33-27(34)20-31-29(35)28(22-11-6-4-7-12-22)23-13-8-5-9-14-23/h4-9,11-15,19,21,25-26,28H,10,16-18,20H2,1-3H3,(H,31,35)(H,33,34)/b32-19-/t21-,25-,26-/m1/s1. The van der Waals surface area contributed by atoms with Crippen molar-refractivity contribution in [1.82, 2.24) is 10.7 Å². The van der Waals surface area contributed by atoms with E-state index in [1.54, 1.807) is 5.57 Å². The van der Waals surface area contributed by atoms with Crippen LogP contribution in [-0.2, 0) is 9.59 Å². The Bertz CT molecular complexity index is 1040. The van der Waals surface area contributed by atoms with E-state index in [0.717, 1.165) is 24.0 Å². The SMILES string of the molecule is C[C@@H]1C[C@@H]2C(=CCCC2(C)C)C[C@@H]1/C=N\NC(=O)CNC(=O)C(c1ccccc1)c1ccccc1. The van der Waals surface area contributed by atoms with Crippen molar-refractivity contribution in [1.29, 1.82) is 0 Å². The third-order valence-corrected chi connectivity index (χ3v) is 7.80. The van der Waals surface area contributed by atoms with Gasteiger partial charge in [-0.25, -0.2) is 5.43 Å². The number of hydrogen-bond acceptors (Lipinski definition) is 3. The molecular weight excluding hydrogens is 434 g/mol. The third-order valence-electron chi connectivity index (χ3n) is 7.80. The van der Waals surface area contributed by atoms with Gasteiger partial charge in [-0.2, -0.15) is 5.10 Å². The zero-order valence-electron chi connectivity index (χ0n) is 21.0. The van der Waals surface area contributed by atoms with Gasteiger partial charge >= 0.3 is 0 Å². The number of allylic oxidation sites excluding steroid dienone is 2. The van der Waals surface area contributed by atoms with Crippen molar-refractivity contribution in [3.63, 3.8) is 0 Å². The summed E-state index contributed by atoms with van der Waals surface area (Å²) in [6.45, 7) is 6.95. The first-order valence-corrected chi connectivity index (χ1v) is 12.7. The molecule has 0 saturated heterocycles. The first-order chi connectivity index (χ1) is 16.8. The molecule has 0 unspecified atom stereocenters. The summed E-state index contributed by atoms with van der Waals surface area (Å²) >= 11 is 0. The van der Waals surface area contributed by atoms with Crippen LogP contribution >= 0.6 is 0 Å². The lowest BCUT2D eigenvalue weighted by Crippen LogP contribution is -2.38. The molecule has 3 atom stereocenters. The topological polar surface area (TPSA) is 70.6 Å².